The molecule has 0 atom stereocenters. The van der Waals surface area contributed by atoms with E-state index in [4.69, 9.17) is 0 Å². The molecule has 136 valence electrons. The van der Waals surface area contributed by atoms with Crippen LogP contribution < -0.4 is 5.32 Å². The van der Waals surface area contributed by atoms with Gasteiger partial charge in [0, 0.05) is 11.3 Å². The topological polar surface area (TPSA) is 55.1 Å². The lowest BCUT2D eigenvalue weighted by atomic mass is 10.1. The molecule has 0 aliphatic heterocycles. The molecule has 26 heavy (non-hydrogen) atoms. The van der Waals surface area contributed by atoms with Crippen LogP contribution in [0.4, 0.5) is 11.6 Å². The van der Waals surface area contributed by atoms with Gasteiger partial charge in [0.1, 0.15) is 5.82 Å². The molecule has 1 aromatic carbocycles. The van der Waals surface area contributed by atoms with Gasteiger partial charge in [-0.2, -0.15) is 14.6 Å². The van der Waals surface area contributed by atoms with E-state index in [9.17, 15) is 0 Å². The minimum Gasteiger partial charge on any atom is -0.324 e. The van der Waals surface area contributed by atoms with Crippen molar-refractivity contribution < 1.29 is 0 Å². The van der Waals surface area contributed by atoms with Crippen LogP contribution in [0.3, 0.4) is 0 Å². The van der Waals surface area contributed by atoms with Crippen LogP contribution in [-0.4, -0.2) is 19.6 Å². The van der Waals surface area contributed by atoms with Crippen LogP contribution in [0.25, 0.3) is 5.65 Å². The number of nitrogens with zero attached hydrogens (tertiary/aromatic N) is 4. The first-order chi connectivity index (χ1) is 12.6. The number of unbranched alkanes of at least 4 members (excludes halogenated alkanes) is 1. The summed E-state index contributed by atoms with van der Waals surface area (Å²) >= 11 is 0. The molecule has 0 saturated heterocycles. The quantitative estimate of drug-likeness (QED) is 0.615. The molecule has 3 aromatic rings. The Labute approximate surface area is 154 Å². The molecule has 1 aliphatic rings. The maximum atomic E-state index is 4.65. The lowest BCUT2D eigenvalue weighted by molar-refractivity contribution is 0.629. The van der Waals surface area contributed by atoms with Crippen molar-refractivity contribution in [3.05, 3.63) is 46.9 Å². The van der Waals surface area contributed by atoms with Crippen LogP contribution in [-0.2, 0) is 6.42 Å². The van der Waals surface area contributed by atoms with Gasteiger partial charge in [-0.15, -0.1) is 0 Å². The number of aromatic nitrogens is 4. The lowest BCUT2D eigenvalue weighted by Crippen LogP contribution is -2.07. The fraction of sp³-hybridized carbons (Fsp3) is 0.476. The number of aryl methyl sites for hydroxylation is 4. The number of hydrogen-bond donors (Lipinski definition) is 1. The molecule has 0 bridgehead atoms. The lowest BCUT2D eigenvalue weighted by Gasteiger charge is -2.11. The Morgan fingerprint density at radius 2 is 1.96 bits per heavy atom. The zero-order valence-electron chi connectivity index (χ0n) is 15.9. The molecule has 1 fully saturated rings. The second-order valence-electron chi connectivity index (χ2n) is 7.63. The second kappa shape index (κ2) is 7.06. The van der Waals surface area contributed by atoms with Gasteiger partial charge in [-0.1, -0.05) is 43.4 Å². The molecule has 2 aromatic heterocycles. The van der Waals surface area contributed by atoms with E-state index in [-0.39, 0.29) is 0 Å². The normalized spacial score (nSPS) is 14.1. The smallest absolute Gasteiger partial charge is 0.232 e. The molecule has 0 spiro atoms. The Kier molecular flexibility index (Phi) is 4.62. The van der Waals surface area contributed by atoms with Crippen molar-refractivity contribution >= 4 is 17.3 Å². The van der Waals surface area contributed by atoms with Gasteiger partial charge < -0.3 is 5.32 Å². The van der Waals surface area contributed by atoms with Crippen LogP contribution in [0.2, 0.25) is 0 Å². The van der Waals surface area contributed by atoms with Crippen molar-refractivity contribution in [3.63, 3.8) is 0 Å². The summed E-state index contributed by atoms with van der Waals surface area (Å²) in [5, 5.41) is 7.99. The Morgan fingerprint density at radius 3 is 2.73 bits per heavy atom. The van der Waals surface area contributed by atoms with E-state index in [1.54, 1.807) is 0 Å². The highest BCUT2D eigenvalue weighted by Crippen LogP contribution is 2.34. The summed E-state index contributed by atoms with van der Waals surface area (Å²) in [4.78, 5) is 9.23. The third kappa shape index (κ3) is 3.71. The van der Waals surface area contributed by atoms with Gasteiger partial charge in [0.2, 0.25) is 5.95 Å². The highest BCUT2D eigenvalue weighted by Gasteiger charge is 2.20. The summed E-state index contributed by atoms with van der Waals surface area (Å²) in [5.74, 6) is 2.50. The molecule has 4 rings (SSSR count). The number of nitrogens with one attached hydrogen (secondary N) is 1. The van der Waals surface area contributed by atoms with E-state index in [1.807, 2.05) is 17.6 Å². The first kappa shape index (κ1) is 17.0. The number of hydrogen-bond acceptors (Lipinski definition) is 4. The zero-order chi connectivity index (χ0) is 18.1. The van der Waals surface area contributed by atoms with Crippen LogP contribution in [0.1, 0.15) is 54.6 Å². The summed E-state index contributed by atoms with van der Waals surface area (Å²) in [6.07, 6.45) is 9.77. The number of benzene rings is 1. The van der Waals surface area contributed by atoms with E-state index in [0.29, 0.717) is 0 Å². The van der Waals surface area contributed by atoms with Gasteiger partial charge in [-0.05, 0) is 51.2 Å². The average Bonchev–Trinajstić information content (AvgIpc) is 3.34. The fourth-order valence-electron chi connectivity index (χ4n) is 3.52. The largest absolute Gasteiger partial charge is 0.324 e. The van der Waals surface area contributed by atoms with Crippen molar-refractivity contribution in [2.45, 2.75) is 59.3 Å². The van der Waals surface area contributed by atoms with Gasteiger partial charge >= 0.3 is 0 Å². The van der Waals surface area contributed by atoms with Gasteiger partial charge in [-0.25, -0.2) is 4.98 Å². The maximum Gasteiger partial charge on any atom is 0.232 e. The van der Waals surface area contributed by atoms with E-state index in [1.165, 1.54) is 48.8 Å². The predicted molar refractivity (Wildman–Crippen MR) is 105 cm³/mol. The van der Waals surface area contributed by atoms with Crippen molar-refractivity contribution in [2.24, 2.45) is 5.92 Å². The van der Waals surface area contributed by atoms with Crippen molar-refractivity contribution in [1.29, 1.82) is 0 Å². The van der Waals surface area contributed by atoms with Crippen molar-refractivity contribution in [3.8, 4) is 0 Å². The van der Waals surface area contributed by atoms with Gasteiger partial charge in [0.05, 0.1) is 6.20 Å². The third-order valence-corrected chi connectivity index (χ3v) is 5.19. The Bertz CT molecular complexity index is 924. The molecule has 1 aliphatic carbocycles. The molecule has 1 saturated carbocycles. The highest BCUT2D eigenvalue weighted by molar-refractivity contribution is 5.61. The van der Waals surface area contributed by atoms with E-state index in [2.05, 4.69) is 52.4 Å². The monoisotopic (exact) mass is 349 g/mol. The second-order valence-corrected chi connectivity index (χ2v) is 7.63. The van der Waals surface area contributed by atoms with Gasteiger partial charge in [0.15, 0.2) is 5.65 Å². The molecule has 1 N–H and O–H groups in total. The zero-order valence-corrected chi connectivity index (χ0v) is 15.9. The average molecular weight is 349 g/mol. The number of anilines is 2. The van der Waals surface area contributed by atoms with Crippen molar-refractivity contribution in [1.82, 2.24) is 19.6 Å². The van der Waals surface area contributed by atoms with Crippen molar-refractivity contribution in [2.75, 3.05) is 5.32 Å². The van der Waals surface area contributed by atoms with Crippen LogP contribution in [0, 0.1) is 26.7 Å². The first-order valence-electron chi connectivity index (χ1n) is 9.65. The predicted octanol–water partition coefficient (Wildman–Crippen LogP) is 4.92. The number of fused-ring (bicyclic) bond motifs is 1. The van der Waals surface area contributed by atoms with Crippen LogP contribution >= 0.6 is 0 Å². The summed E-state index contributed by atoms with van der Waals surface area (Å²) in [6, 6.07) is 6.37. The molecule has 5 nitrogen and oxygen atoms in total. The summed E-state index contributed by atoms with van der Waals surface area (Å²) in [5.41, 5.74) is 5.65. The fourth-order valence-corrected chi connectivity index (χ4v) is 3.52. The highest BCUT2D eigenvalue weighted by atomic mass is 15.3. The first-order valence-corrected chi connectivity index (χ1v) is 9.65. The number of rotatable bonds is 7. The SMILES string of the molecule is Cc1ccc(Nc2nc(C)nc3c(CCCCC4CC4)cnn23)c(C)c1. The Morgan fingerprint density at radius 1 is 1.12 bits per heavy atom. The van der Waals surface area contributed by atoms with E-state index < -0.39 is 0 Å². The van der Waals surface area contributed by atoms with Crippen LogP contribution in [0.5, 0.6) is 0 Å². The third-order valence-electron chi connectivity index (χ3n) is 5.19. The van der Waals surface area contributed by atoms with Crippen LogP contribution in [0.15, 0.2) is 24.4 Å². The molecule has 5 heteroatoms. The molecule has 0 radical (unpaired) electrons. The summed E-state index contributed by atoms with van der Waals surface area (Å²) < 4.78 is 1.84. The van der Waals surface area contributed by atoms with Gasteiger partial charge in [-0.3, -0.25) is 0 Å². The molecule has 2 heterocycles. The van der Waals surface area contributed by atoms with E-state index >= 15 is 0 Å². The van der Waals surface area contributed by atoms with Gasteiger partial charge in [0.25, 0.3) is 0 Å². The standard InChI is InChI=1S/C21H27N5/c1-14-8-11-19(15(2)12-14)25-21-24-16(3)23-20-18(13-22-26(20)21)7-5-4-6-17-9-10-17/h8,11-13,17H,4-7,9-10H2,1-3H3,(H,23,24,25). The molecular weight excluding hydrogens is 322 g/mol. The molecular formula is C21H27N5. The maximum absolute atomic E-state index is 4.65. The Balaban J connectivity index is 1.56. The molecule has 0 unspecified atom stereocenters. The minimum absolute atomic E-state index is 0.726. The Hall–Kier alpha value is -2.43. The molecule has 0 amide bonds. The van der Waals surface area contributed by atoms with E-state index in [0.717, 1.165) is 35.4 Å². The minimum atomic E-state index is 0.726. The summed E-state index contributed by atoms with van der Waals surface area (Å²) in [6.45, 7) is 6.15. The summed E-state index contributed by atoms with van der Waals surface area (Å²) in [7, 11) is 0.